The van der Waals surface area contributed by atoms with Gasteiger partial charge in [0.25, 0.3) is 0 Å². The molecule has 1 saturated heterocycles. The number of ether oxygens (including phenoxy) is 2. The fraction of sp³-hybridized carbons (Fsp3) is 0.360. The van der Waals surface area contributed by atoms with Gasteiger partial charge in [0.15, 0.2) is 5.82 Å². The topological polar surface area (TPSA) is 130 Å². The van der Waals surface area contributed by atoms with Gasteiger partial charge >= 0.3 is 0 Å². The first-order valence-electron chi connectivity index (χ1n) is 11.2. The highest BCUT2D eigenvalue weighted by molar-refractivity contribution is 5.66. The zero-order valence-electron chi connectivity index (χ0n) is 19.5. The summed E-state index contributed by atoms with van der Waals surface area (Å²) in [6, 6.07) is 11.0. The lowest BCUT2D eigenvalue weighted by Crippen LogP contribution is -2.45. The predicted octanol–water partition coefficient (Wildman–Crippen LogP) is 3.12. The van der Waals surface area contributed by atoms with Crippen LogP contribution < -0.4 is 15.4 Å². The van der Waals surface area contributed by atoms with Gasteiger partial charge in [-0.1, -0.05) is 0 Å². The Hall–Kier alpha value is -3.58. The summed E-state index contributed by atoms with van der Waals surface area (Å²) < 4.78 is 12.1. The van der Waals surface area contributed by atoms with Gasteiger partial charge in [-0.15, -0.1) is 0 Å². The number of nitrogens with zero attached hydrogens (tertiary/aromatic N) is 5. The molecule has 0 radical (unpaired) electrons. The first kappa shape index (κ1) is 23.6. The first-order valence-corrected chi connectivity index (χ1v) is 11.2. The van der Waals surface area contributed by atoms with Crippen molar-refractivity contribution >= 4 is 5.82 Å². The molecular formula is C25H28N6O3. The average Bonchev–Trinajstić information content (AvgIpc) is 2.82. The summed E-state index contributed by atoms with van der Waals surface area (Å²) in [4.78, 5) is 15.6. The molecular weight excluding hydrogens is 432 g/mol. The lowest BCUT2D eigenvalue weighted by atomic mass is 10.1. The molecule has 176 valence electrons. The van der Waals surface area contributed by atoms with Gasteiger partial charge in [0, 0.05) is 55.4 Å². The minimum absolute atomic E-state index is 0.0817. The van der Waals surface area contributed by atoms with Crippen molar-refractivity contribution in [2.45, 2.75) is 39.1 Å². The van der Waals surface area contributed by atoms with Gasteiger partial charge in [0.2, 0.25) is 0 Å². The summed E-state index contributed by atoms with van der Waals surface area (Å²) in [5, 5.41) is 19.3. The number of anilines is 1. The summed E-state index contributed by atoms with van der Waals surface area (Å²) in [6.45, 7) is 7.58. The zero-order chi connectivity index (χ0) is 24.2. The molecule has 1 aliphatic heterocycles. The van der Waals surface area contributed by atoms with E-state index >= 15 is 0 Å². The largest absolute Gasteiger partial charge is 0.456 e. The van der Waals surface area contributed by atoms with E-state index in [2.05, 4.69) is 20.9 Å². The Morgan fingerprint density at radius 1 is 1.21 bits per heavy atom. The Morgan fingerprint density at radius 2 is 1.91 bits per heavy atom. The van der Waals surface area contributed by atoms with Crippen molar-refractivity contribution in [2.75, 3.05) is 24.5 Å². The van der Waals surface area contributed by atoms with Crippen LogP contribution in [-0.4, -0.2) is 51.9 Å². The number of rotatable bonds is 6. The Kier molecular flexibility index (Phi) is 7.03. The number of aromatic nitrogens is 3. The van der Waals surface area contributed by atoms with Crippen LogP contribution in [0, 0.1) is 18.3 Å². The highest BCUT2D eigenvalue weighted by atomic mass is 16.5. The van der Waals surface area contributed by atoms with Crippen molar-refractivity contribution in [3.63, 3.8) is 0 Å². The molecule has 4 rings (SSSR count). The van der Waals surface area contributed by atoms with Crippen molar-refractivity contribution < 1.29 is 14.6 Å². The molecule has 1 aliphatic rings. The Labute approximate surface area is 198 Å². The second-order valence-corrected chi connectivity index (χ2v) is 8.48. The molecule has 0 aliphatic carbocycles. The van der Waals surface area contributed by atoms with E-state index in [4.69, 9.17) is 20.2 Å². The van der Waals surface area contributed by atoms with Crippen LogP contribution in [0.2, 0.25) is 0 Å². The Morgan fingerprint density at radius 3 is 2.56 bits per heavy atom. The predicted molar refractivity (Wildman–Crippen MR) is 127 cm³/mol. The van der Waals surface area contributed by atoms with Gasteiger partial charge in [-0.05, 0) is 39.0 Å². The van der Waals surface area contributed by atoms with Gasteiger partial charge in [-0.2, -0.15) is 5.26 Å². The van der Waals surface area contributed by atoms with Crippen LogP contribution in [-0.2, 0) is 4.74 Å². The number of nitrogens with two attached hydrogens (primary N) is 1. The van der Waals surface area contributed by atoms with Gasteiger partial charge < -0.3 is 25.2 Å². The minimum atomic E-state index is -0.824. The Bertz CT molecular complexity index is 1180. The van der Waals surface area contributed by atoms with Crippen LogP contribution >= 0.6 is 0 Å². The lowest BCUT2D eigenvalue weighted by molar-refractivity contribution is -0.00548. The number of nitriles is 1. The number of aliphatic hydroxyl groups excluding tert-OH is 1. The number of hydrogen-bond donors (Lipinski definition) is 2. The molecule has 3 atom stereocenters. The van der Waals surface area contributed by atoms with Crippen LogP contribution in [0.15, 0.2) is 42.7 Å². The molecule has 1 unspecified atom stereocenters. The van der Waals surface area contributed by atoms with Crippen molar-refractivity contribution in [1.29, 1.82) is 5.26 Å². The summed E-state index contributed by atoms with van der Waals surface area (Å²) in [6.07, 6.45) is 2.46. The third-order valence-corrected chi connectivity index (χ3v) is 5.52. The van der Waals surface area contributed by atoms with Gasteiger partial charge in [0.1, 0.15) is 17.3 Å². The maximum absolute atomic E-state index is 9.92. The molecule has 3 heterocycles. The summed E-state index contributed by atoms with van der Waals surface area (Å²) >= 11 is 0. The second-order valence-electron chi connectivity index (χ2n) is 8.48. The number of hydrogen-bond acceptors (Lipinski definition) is 9. The van der Waals surface area contributed by atoms with Gasteiger partial charge in [-0.3, -0.25) is 0 Å². The number of morpholine rings is 1. The van der Waals surface area contributed by atoms with E-state index in [1.54, 1.807) is 18.2 Å². The van der Waals surface area contributed by atoms with Crippen LogP contribution in [0.4, 0.5) is 5.82 Å². The fourth-order valence-electron chi connectivity index (χ4n) is 3.98. The molecule has 1 aromatic carbocycles. The van der Waals surface area contributed by atoms with E-state index in [0.29, 0.717) is 34.0 Å². The molecule has 9 nitrogen and oxygen atoms in total. The van der Waals surface area contributed by atoms with Crippen LogP contribution in [0.5, 0.6) is 11.5 Å². The molecule has 3 aromatic rings. The van der Waals surface area contributed by atoms with E-state index in [9.17, 15) is 10.4 Å². The van der Waals surface area contributed by atoms with E-state index in [1.807, 2.05) is 32.9 Å². The molecule has 0 bridgehead atoms. The zero-order valence-corrected chi connectivity index (χ0v) is 19.5. The van der Waals surface area contributed by atoms with Crippen LogP contribution in [0.25, 0.3) is 11.4 Å². The van der Waals surface area contributed by atoms with Gasteiger partial charge in [0.05, 0.1) is 35.5 Å². The van der Waals surface area contributed by atoms with E-state index in [1.165, 1.54) is 12.4 Å². The SMILES string of the molecule is Cc1cc(Oc2cc(C#N)ccc2-c2ncc(C(O)CN)cn2)cc(N2C[C@@H](C)O[C@@H](C)C2)n1. The van der Waals surface area contributed by atoms with E-state index in [-0.39, 0.29) is 18.8 Å². The quantitative estimate of drug-likeness (QED) is 0.569. The highest BCUT2D eigenvalue weighted by Gasteiger charge is 2.24. The monoisotopic (exact) mass is 460 g/mol. The minimum Gasteiger partial charge on any atom is -0.456 e. The lowest BCUT2D eigenvalue weighted by Gasteiger charge is -2.36. The van der Waals surface area contributed by atoms with Crippen molar-refractivity contribution in [3.8, 4) is 29.0 Å². The molecule has 1 fully saturated rings. The van der Waals surface area contributed by atoms with Crippen molar-refractivity contribution in [2.24, 2.45) is 5.73 Å². The average molecular weight is 461 g/mol. The third-order valence-electron chi connectivity index (χ3n) is 5.52. The maximum Gasteiger partial charge on any atom is 0.162 e. The fourth-order valence-corrected chi connectivity index (χ4v) is 3.98. The maximum atomic E-state index is 9.92. The standard InChI is InChI=1S/C25H28N6O3/c1-15-6-20(8-24(30-15)31-13-16(2)33-17(3)14-31)34-23-7-18(9-26)4-5-21(23)25-28-11-19(12-29-25)22(32)10-27/h4-8,11-12,16-17,22,32H,10,13-14,27H2,1-3H3/t16-,17+,22?. The Balaban J connectivity index is 1.67. The summed E-state index contributed by atoms with van der Waals surface area (Å²) in [7, 11) is 0. The van der Waals surface area contributed by atoms with Crippen molar-refractivity contribution in [1.82, 2.24) is 15.0 Å². The van der Waals surface area contributed by atoms with Crippen LogP contribution in [0.1, 0.15) is 36.8 Å². The number of aryl methyl sites for hydroxylation is 1. The first-order chi connectivity index (χ1) is 16.4. The molecule has 2 aromatic heterocycles. The molecule has 34 heavy (non-hydrogen) atoms. The summed E-state index contributed by atoms with van der Waals surface area (Å²) in [5.74, 6) is 2.27. The molecule has 3 N–H and O–H groups in total. The normalized spacial score (nSPS) is 18.9. The van der Waals surface area contributed by atoms with Crippen molar-refractivity contribution in [3.05, 3.63) is 59.5 Å². The number of benzene rings is 1. The van der Waals surface area contributed by atoms with E-state index < -0.39 is 6.10 Å². The number of aliphatic hydroxyl groups is 1. The molecule has 0 saturated carbocycles. The van der Waals surface area contributed by atoms with Gasteiger partial charge in [-0.25, -0.2) is 15.0 Å². The second kappa shape index (κ2) is 10.1. The molecule has 0 spiro atoms. The molecule has 9 heteroatoms. The third kappa shape index (κ3) is 5.31. The smallest absolute Gasteiger partial charge is 0.162 e. The van der Waals surface area contributed by atoms with E-state index in [0.717, 1.165) is 24.6 Å². The highest BCUT2D eigenvalue weighted by Crippen LogP contribution is 2.34. The molecule has 0 amide bonds. The van der Waals surface area contributed by atoms with Crippen LogP contribution in [0.3, 0.4) is 0 Å². The number of pyridine rings is 1. The summed E-state index contributed by atoms with van der Waals surface area (Å²) in [5.41, 5.74) is 7.94.